The van der Waals surface area contributed by atoms with Crippen molar-refractivity contribution in [2.24, 2.45) is 0 Å². The van der Waals surface area contributed by atoms with Crippen LogP contribution in [0.25, 0.3) is 0 Å². The van der Waals surface area contributed by atoms with E-state index in [1.54, 1.807) is 13.8 Å². The summed E-state index contributed by atoms with van der Waals surface area (Å²) in [5.74, 6) is -2.81. The highest BCUT2D eigenvalue weighted by Gasteiger charge is 2.51. The molecule has 0 aromatic heterocycles. The van der Waals surface area contributed by atoms with Gasteiger partial charge in [0, 0.05) is 11.6 Å². The van der Waals surface area contributed by atoms with Crippen LogP contribution in [0.1, 0.15) is 20.3 Å². The van der Waals surface area contributed by atoms with Crippen molar-refractivity contribution < 1.29 is 32.3 Å². The highest BCUT2D eigenvalue weighted by Crippen LogP contribution is 2.43. The average Bonchev–Trinajstić information content (AvgIpc) is 2.86. The monoisotopic (exact) mass is 378 g/mol. The first-order valence-corrected chi connectivity index (χ1v) is 7.78. The van der Waals surface area contributed by atoms with Gasteiger partial charge >= 0.3 is 12.0 Å². The molecule has 1 fully saturated rings. The Bertz CT molecular complexity index is 958. The molecule has 3 rings (SSSR count). The molecule has 2 heterocycles. The number of hydrogen-bond donors (Lipinski definition) is 0. The number of terminal acetylenes is 1. The molecule has 27 heavy (non-hydrogen) atoms. The van der Waals surface area contributed by atoms with Gasteiger partial charge in [-0.2, -0.15) is 8.78 Å². The summed E-state index contributed by atoms with van der Waals surface area (Å²) in [7, 11) is 0. The Morgan fingerprint density at radius 1 is 1.26 bits per heavy atom. The molecule has 1 aromatic rings. The van der Waals surface area contributed by atoms with E-state index < -0.39 is 47.6 Å². The summed E-state index contributed by atoms with van der Waals surface area (Å²) in [4.78, 5) is 37.7. The predicted octanol–water partition coefficient (Wildman–Crippen LogP) is 2.38. The van der Waals surface area contributed by atoms with Crippen molar-refractivity contribution in [3.8, 4) is 18.1 Å². The molecule has 0 bridgehead atoms. The minimum atomic E-state index is -4.22. The lowest BCUT2D eigenvalue weighted by molar-refractivity contribution is -0.192. The fraction of sp³-hybridized carbons (Fsp3) is 0.278. The van der Waals surface area contributed by atoms with Crippen LogP contribution in [-0.2, 0) is 14.4 Å². The quantitative estimate of drug-likeness (QED) is 0.450. The smallest absolute Gasteiger partial charge is 0.423 e. The maximum Gasteiger partial charge on any atom is 0.483 e. The number of imide groups is 1. The van der Waals surface area contributed by atoms with Crippen LogP contribution in [0.2, 0.25) is 0 Å². The molecule has 1 aromatic carbocycles. The number of alkyl halides is 2. The van der Waals surface area contributed by atoms with Crippen LogP contribution in [0, 0.1) is 18.2 Å². The van der Waals surface area contributed by atoms with E-state index in [4.69, 9.17) is 6.42 Å². The second kappa shape index (κ2) is 6.16. The Morgan fingerprint density at radius 3 is 2.48 bits per heavy atom. The van der Waals surface area contributed by atoms with Gasteiger partial charge in [-0.15, -0.1) is 6.42 Å². The second-order valence-corrected chi connectivity index (χ2v) is 6.18. The summed E-state index contributed by atoms with van der Waals surface area (Å²) >= 11 is 0. The van der Waals surface area contributed by atoms with Gasteiger partial charge in [0.1, 0.15) is 0 Å². The van der Waals surface area contributed by atoms with E-state index in [0.29, 0.717) is 21.4 Å². The predicted molar refractivity (Wildman–Crippen MR) is 88.6 cm³/mol. The Morgan fingerprint density at radius 2 is 1.93 bits per heavy atom. The summed E-state index contributed by atoms with van der Waals surface area (Å²) in [6.45, 7) is 2.74. The third-order valence-corrected chi connectivity index (χ3v) is 4.18. The number of rotatable bonds is 2. The van der Waals surface area contributed by atoms with Gasteiger partial charge in [-0.3, -0.25) is 19.3 Å². The van der Waals surface area contributed by atoms with Crippen molar-refractivity contribution in [1.82, 2.24) is 0 Å². The van der Waals surface area contributed by atoms with Crippen LogP contribution in [0.5, 0.6) is 5.75 Å². The van der Waals surface area contributed by atoms with Crippen LogP contribution in [-0.4, -0.2) is 30.4 Å². The molecule has 6 nitrogen and oxygen atoms in total. The van der Waals surface area contributed by atoms with Gasteiger partial charge in [-0.05, 0) is 19.9 Å². The number of hydrogen-bond acceptors (Lipinski definition) is 4. The summed E-state index contributed by atoms with van der Waals surface area (Å²) in [5, 5.41) is 0. The topological polar surface area (TPSA) is 66.9 Å². The minimum absolute atomic E-state index is 0.209. The molecule has 9 heteroatoms. The minimum Gasteiger partial charge on any atom is -0.423 e. The zero-order valence-corrected chi connectivity index (χ0v) is 14.3. The fourth-order valence-electron chi connectivity index (χ4n) is 2.88. The van der Waals surface area contributed by atoms with E-state index in [1.807, 2.05) is 0 Å². The third kappa shape index (κ3) is 2.83. The molecule has 2 aliphatic rings. The Labute approximate surface area is 152 Å². The normalized spacial score (nSPS) is 18.4. The van der Waals surface area contributed by atoms with Gasteiger partial charge in [-0.25, -0.2) is 9.29 Å². The number of anilines is 2. The van der Waals surface area contributed by atoms with Crippen molar-refractivity contribution in [3.63, 3.8) is 0 Å². The first kappa shape index (κ1) is 18.5. The Balaban J connectivity index is 2.16. The highest BCUT2D eigenvalue weighted by molar-refractivity contribution is 6.28. The fourth-order valence-corrected chi connectivity index (χ4v) is 2.88. The number of benzene rings is 1. The number of nitrogens with zero attached hydrogens (tertiary/aromatic N) is 2. The lowest BCUT2D eigenvalue weighted by Crippen LogP contribution is -2.51. The average molecular weight is 378 g/mol. The van der Waals surface area contributed by atoms with Gasteiger partial charge in [0.15, 0.2) is 11.6 Å². The summed E-state index contributed by atoms with van der Waals surface area (Å²) < 4.78 is 46.3. The van der Waals surface area contributed by atoms with Gasteiger partial charge in [0.25, 0.3) is 5.91 Å². The number of allylic oxidation sites excluding steroid dienone is 1. The maximum atomic E-state index is 14.5. The molecule has 0 atom stereocenters. The largest absolute Gasteiger partial charge is 0.483 e. The van der Waals surface area contributed by atoms with Crippen LogP contribution in [0.3, 0.4) is 0 Å². The summed E-state index contributed by atoms with van der Waals surface area (Å²) in [6, 6.07) is 1.52. The molecule has 2 aliphatic heterocycles. The number of ether oxygens (including phenoxy) is 1. The van der Waals surface area contributed by atoms with E-state index in [9.17, 15) is 27.6 Å². The van der Waals surface area contributed by atoms with Crippen LogP contribution >= 0.6 is 0 Å². The Hall–Kier alpha value is -3.28. The summed E-state index contributed by atoms with van der Waals surface area (Å²) in [6.07, 6.45) is 0.700. The van der Waals surface area contributed by atoms with Gasteiger partial charge in [0.05, 0.1) is 24.3 Å². The van der Waals surface area contributed by atoms with E-state index in [0.717, 1.165) is 6.07 Å². The molecule has 140 valence electrons. The van der Waals surface area contributed by atoms with Crippen molar-refractivity contribution in [3.05, 3.63) is 29.1 Å². The number of halogens is 3. The molecular weight excluding hydrogens is 365 g/mol. The van der Waals surface area contributed by atoms with Crippen molar-refractivity contribution in [1.29, 1.82) is 0 Å². The zero-order chi connectivity index (χ0) is 20.1. The molecule has 0 unspecified atom stereocenters. The first-order chi connectivity index (χ1) is 12.6. The lowest BCUT2D eigenvalue weighted by atomic mass is 10.1. The number of amides is 3. The van der Waals surface area contributed by atoms with Crippen molar-refractivity contribution in [2.45, 2.75) is 26.4 Å². The maximum absolute atomic E-state index is 14.5. The second-order valence-electron chi connectivity index (χ2n) is 6.18. The van der Waals surface area contributed by atoms with Crippen LogP contribution < -0.4 is 14.5 Å². The van der Waals surface area contributed by atoms with E-state index >= 15 is 0 Å². The molecule has 1 saturated heterocycles. The molecular formula is C18H13F3N2O4. The number of carbonyl (C=O) groups is 3. The first-order valence-electron chi connectivity index (χ1n) is 7.78. The standard InChI is InChI=1S/C18H13F3N2O4/c1-4-5-22-13-8-12(23-15(24)6-10(9(2)3)16(23)25)11(19)7-14(13)27-18(20,21)17(22)26/h1,7-8H,5-6H2,2-3H3. The SMILES string of the molecule is C#CCN1C(=O)C(F)(F)Oc2cc(F)c(N3C(=O)CC(=C(C)C)C3=O)cc21. The van der Waals surface area contributed by atoms with Gasteiger partial charge in [-0.1, -0.05) is 11.5 Å². The molecule has 0 spiro atoms. The van der Waals surface area contributed by atoms with Crippen molar-refractivity contribution >= 4 is 29.1 Å². The lowest BCUT2D eigenvalue weighted by Gasteiger charge is -2.33. The summed E-state index contributed by atoms with van der Waals surface area (Å²) in [5.41, 5.74) is 0.0907. The molecule has 0 aliphatic carbocycles. The molecule has 0 N–H and O–H groups in total. The Kier molecular flexibility index (Phi) is 4.22. The number of carbonyl (C=O) groups excluding carboxylic acids is 3. The van der Waals surface area contributed by atoms with E-state index in [1.165, 1.54) is 0 Å². The van der Waals surface area contributed by atoms with E-state index in [-0.39, 0.29) is 17.7 Å². The number of fused-ring (bicyclic) bond motifs is 1. The van der Waals surface area contributed by atoms with E-state index in [2.05, 4.69) is 10.7 Å². The van der Waals surface area contributed by atoms with Gasteiger partial charge < -0.3 is 4.74 Å². The third-order valence-electron chi connectivity index (χ3n) is 4.18. The molecule has 3 amide bonds. The van der Waals surface area contributed by atoms with Crippen molar-refractivity contribution in [2.75, 3.05) is 16.3 Å². The molecule has 0 saturated carbocycles. The van der Waals surface area contributed by atoms with Gasteiger partial charge in [0.2, 0.25) is 5.91 Å². The van der Waals surface area contributed by atoms with Crippen LogP contribution in [0.15, 0.2) is 23.3 Å². The zero-order valence-electron chi connectivity index (χ0n) is 14.3. The molecule has 0 radical (unpaired) electrons. The highest BCUT2D eigenvalue weighted by atomic mass is 19.3. The van der Waals surface area contributed by atoms with Crippen LogP contribution in [0.4, 0.5) is 24.5 Å².